The summed E-state index contributed by atoms with van der Waals surface area (Å²) in [6.07, 6.45) is 0.490. The molecule has 0 atom stereocenters. The molecule has 2 aromatic heterocycles. The predicted octanol–water partition coefficient (Wildman–Crippen LogP) is 1.87. The first-order valence-electron chi connectivity index (χ1n) is 7.31. The maximum absolute atomic E-state index is 12.9. The van der Waals surface area contributed by atoms with Crippen LogP contribution in [0.2, 0.25) is 0 Å². The van der Waals surface area contributed by atoms with Crippen molar-refractivity contribution >= 4 is 28.9 Å². The number of nitrogens with zero attached hydrogens (tertiary/aromatic N) is 3. The number of carbonyl (C=O) groups is 1. The molecule has 1 aromatic carbocycles. The fourth-order valence-corrected chi connectivity index (χ4v) is 2.26. The maximum Gasteiger partial charge on any atom is 0.416 e. The number of aromatic nitrogens is 4. The molecule has 0 aliphatic rings. The minimum absolute atomic E-state index is 0.0547. The Bertz CT molecular complexity index is 1080. The summed E-state index contributed by atoms with van der Waals surface area (Å²) in [7, 11) is 0. The van der Waals surface area contributed by atoms with E-state index in [2.05, 4.69) is 25.9 Å². The van der Waals surface area contributed by atoms with Crippen molar-refractivity contribution in [3.05, 3.63) is 40.7 Å². The van der Waals surface area contributed by atoms with E-state index in [1.165, 1.54) is 0 Å². The Morgan fingerprint density at radius 2 is 1.96 bits per heavy atom. The molecule has 138 valence electrons. The van der Waals surface area contributed by atoms with Crippen LogP contribution in [0.1, 0.15) is 27.3 Å². The van der Waals surface area contributed by atoms with Gasteiger partial charge in [0.15, 0.2) is 11.5 Å². The van der Waals surface area contributed by atoms with Crippen molar-refractivity contribution in [3.8, 4) is 12.3 Å². The van der Waals surface area contributed by atoms with E-state index < -0.39 is 17.7 Å². The lowest BCUT2D eigenvalue weighted by atomic mass is 10.1. The first kappa shape index (κ1) is 18.0. The molecule has 0 radical (unpaired) electrons. The number of imidazole rings is 1. The van der Waals surface area contributed by atoms with Crippen LogP contribution < -0.4 is 11.5 Å². The number of nitrogens with one attached hydrogen (secondary N) is 1. The molecule has 2 heterocycles. The molecule has 0 spiro atoms. The zero-order chi connectivity index (χ0) is 19.8. The van der Waals surface area contributed by atoms with Crippen LogP contribution in [0.15, 0.2) is 18.2 Å². The molecule has 0 saturated heterocycles. The summed E-state index contributed by atoms with van der Waals surface area (Å²) < 4.78 is 43.7. The third-order valence-electron chi connectivity index (χ3n) is 3.45. The van der Waals surface area contributed by atoms with Gasteiger partial charge in [-0.05, 0) is 18.2 Å². The molecular weight excluding hydrogens is 365 g/mol. The number of hydrogen-bond acceptors (Lipinski definition) is 7. The second-order valence-electron chi connectivity index (χ2n) is 5.37. The van der Waals surface area contributed by atoms with Crippen molar-refractivity contribution in [3.63, 3.8) is 0 Å². The van der Waals surface area contributed by atoms with Crippen LogP contribution >= 0.6 is 0 Å². The largest absolute Gasteiger partial charge is 0.454 e. The van der Waals surface area contributed by atoms with Gasteiger partial charge < -0.3 is 21.2 Å². The highest BCUT2D eigenvalue weighted by Crippen LogP contribution is 2.30. The lowest BCUT2D eigenvalue weighted by molar-refractivity contribution is -0.137. The smallest absolute Gasteiger partial charge is 0.416 e. The SMILES string of the molecule is C#Cc1cc(C(=O)OCc2nc3nc(N)nc(N)c3[nH]2)cc(C(F)(F)F)c1. The summed E-state index contributed by atoms with van der Waals surface area (Å²) in [5.41, 5.74) is 10.1. The first-order valence-corrected chi connectivity index (χ1v) is 7.31. The number of halogens is 3. The topological polar surface area (TPSA) is 133 Å². The van der Waals surface area contributed by atoms with E-state index in [9.17, 15) is 18.0 Å². The average molecular weight is 376 g/mol. The van der Waals surface area contributed by atoms with E-state index in [4.69, 9.17) is 22.6 Å². The lowest BCUT2D eigenvalue weighted by Gasteiger charge is -2.10. The molecule has 0 amide bonds. The highest BCUT2D eigenvalue weighted by Gasteiger charge is 2.32. The van der Waals surface area contributed by atoms with Gasteiger partial charge in [0.25, 0.3) is 0 Å². The van der Waals surface area contributed by atoms with E-state index in [1.54, 1.807) is 0 Å². The van der Waals surface area contributed by atoms with Gasteiger partial charge in [-0.1, -0.05) is 5.92 Å². The van der Waals surface area contributed by atoms with Crippen LogP contribution in [-0.2, 0) is 17.5 Å². The number of nitrogens with two attached hydrogens (primary N) is 2. The van der Waals surface area contributed by atoms with Crippen LogP contribution in [0.5, 0.6) is 0 Å². The Hall–Kier alpha value is -3.81. The number of benzene rings is 1. The summed E-state index contributed by atoms with van der Waals surface area (Å²) in [5, 5.41) is 0. The van der Waals surface area contributed by atoms with Crippen molar-refractivity contribution in [2.24, 2.45) is 0 Å². The van der Waals surface area contributed by atoms with Crippen molar-refractivity contribution in [1.29, 1.82) is 0 Å². The number of alkyl halides is 3. The first-order chi connectivity index (χ1) is 12.7. The molecule has 0 fully saturated rings. The highest BCUT2D eigenvalue weighted by molar-refractivity contribution is 5.90. The second kappa shape index (κ2) is 6.49. The minimum atomic E-state index is -4.66. The van der Waals surface area contributed by atoms with Gasteiger partial charge in [0.05, 0.1) is 11.1 Å². The van der Waals surface area contributed by atoms with Crippen LogP contribution in [0.25, 0.3) is 11.2 Å². The van der Waals surface area contributed by atoms with E-state index in [-0.39, 0.29) is 41.0 Å². The Labute approximate surface area is 149 Å². The van der Waals surface area contributed by atoms with Crippen LogP contribution in [0.3, 0.4) is 0 Å². The summed E-state index contributed by atoms with van der Waals surface area (Å²) in [6.45, 7) is -0.365. The Kier molecular flexibility index (Phi) is 4.32. The van der Waals surface area contributed by atoms with Crippen molar-refractivity contribution in [2.45, 2.75) is 12.8 Å². The highest BCUT2D eigenvalue weighted by atomic mass is 19.4. The quantitative estimate of drug-likeness (QED) is 0.469. The van der Waals surface area contributed by atoms with Gasteiger partial charge in [-0.25, -0.2) is 9.78 Å². The monoisotopic (exact) mass is 376 g/mol. The van der Waals surface area contributed by atoms with Gasteiger partial charge in [-0.2, -0.15) is 23.1 Å². The molecule has 8 nitrogen and oxygen atoms in total. The molecule has 5 N–H and O–H groups in total. The number of nitrogen functional groups attached to an aromatic ring is 2. The van der Waals surface area contributed by atoms with Crippen LogP contribution in [0, 0.1) is 12.3 Å². The lowest BCUT2D eigenvalue weighted by Crippen LogP contribution is -2.11. The van der Waals surface area contributed by atoms with Crippen LogP contribution in [0.4, 0.5) is 24.9 Å². The van der Waals surface area contributed by atoms with Crippen molar-refractivity contribution in [1.82, 2.24) is 19.9 Å². The molecule has 3 rings (SSSR count). The van der Waals surface area contributed by atoms with Gasteiger partial charge >= 0.3 is 12.1 Å². The molecule has 0 aliphatic heterocycles. The summed E-state index contributed by atoms with van der Waals surface area (Å²) in [6, 6.07) is 2.55. The molecule has 0 aliphatic carbocycles. The number of carbonyl (C=O) groups excluding carboxylic acids is 1. The summed E-state index contributed by atoms with van der Waals surface area (Å²) >= 11 is 0. The van der Waals surface area contributed by atoms with E-state index in [0.29, 0.717) is 11.6 Å². The fourth-order valence-electron chi connectivity index (χ4n) is 2.26. The van der Waals surface area contributed by atoms with Gasteiger partial charge in [0, 0.05) is 5.56 Å². The van der Waals surface area contributed by atoms with Gasteiger partial charge in [0.1, 0.15) is 17.9 Å². The fraction of sp³-hybridized carbons (Fsp3) is 0.125. The standard InChI is InChI=1S/C16H11F3N6O2/c1-2-7-3-8(5-9(4-7)16(17,18)19)14(26)27-6-10-22-11-12(20)24-15(21)25-13(11)23-10/h1,3-5H,6H2,(H5,20,21,22,23,24,25). The number of hydrogen-bond donors (Lipinski definition) is 3. The Balaban J connectivity index is 1.82. The second-order valence-corrected chi connectivity index (χ2v) is 5.37. The number of rotatable bonds is 3. The van der Waals surface area contributed by atoms with Gasteiger partial charge in [0.2, 0.25) is 5.95 Å². The molecular formula is C16H11F3N6O2. The maximum atomic E-state index is 12.9. The van der Waals surface area contributed by atoms with Gasteiger partial charge in [-0.3, -0.25) is 0 Å². The number of esters is 1. The number of aromatic amines is 1. The molecule has 3 aromatic rings. The number of anilines is 2. The van der Waals surface area contributed by atoms with Crippen molar-refractivity contribution < 1.29 is 22.7 Å². The summed E-state index contributed by atoms with van der Waals surface area (Å²) in [5.74, 6) is 1.20. The third-order valence-corrected chi connectivity index (χ3v) is 3.45. The molecule has 27 heavy (non-hydrogen) atoms. The van der Waals surface area contributed by atoms with Crippen molar-refractivity contribution in [2.75, 3.05) is 11.5 Å². The zero-order valence-corrected chi connectivity index (χ0v) is 13.5. The number of H-pyrrole nitrogens is 1. The normalized spacial score (nSPS) is 11.3. The Morgan fingerprint density at radius 3 is 2.63 bits per heavy atom. The van der Waals surface area contributed by atoms with Gasteiger partial charge in [-0.15, -0.1) is 6.42 Å². The van der Waals surface area contributed by atoms with E-state index >= 15 is 0 Å². The molecule has 0 unspecified atom stereocenters. The van der Waals surface area contributed by atoms with E-state index in [0.717, 1.165) is 12.1 Å². The summed E-state index contributed by atoms with van der Waals surface area (Å²) in [4.78, 5) is 26.5. The minimum Gasteiger partial charge on any atom is -0.454 e. The Morgan fingerprint density at radius 1 is 1.22 bits per heavy atom. The zero-order valence-electron chi connectivity index (χ0n) is 13.5. The molecule has 11 heteroatoms. The predicted molar refractivity (Wildman–Crippen MR) is 89.0 cm³/mol. The third kappa shape index (κ3) is 3.74. The number of fused-ring (bicyclic) bond motifs is 1. The van der Waals surface area contributed by atoms with E-state index in [1.807, 2.05) is 0 Å². The number of ether oxygens (including phenoxy) is 1. The average Bonchev–Trinajstić information content (AvgIpc) is 3.01. The van der Waals surface area contributed by atoms with Crippen LogP contribution in [-0.4, -0.2) is 25.9 Å². The molecule has 0 bridgehead atoms. The number of terminal acetylenes is 1. The molecule has 0 saturated carbocycles.